The number of hydrogen-bond donors (Lipinski definition) is 1. The van der Waals surface area contributed by atoms with Crippen LogP contribution in [0.15, 0.2) is 36.4 Å². The number of rotatable bonds is 3. The summed E-state index contributed by atoms with van der Waals surface area (Å²) in [5.41, 5.74) is 1.52. The fraction of sp³-hybridized carbons (Fsp3) is 0.353. The second kappa shape index (κ2) is 5.04. The molecule has 0 aliphatic carbocycles. The van der Waals surface area contributed by atoms with Gasteiger partial charge in [-0.3, -0.25) is 0 Å². The normalized spacial score (nSPS) is 11.6. The Hall–Kier alpha value is -1.83. The van der Waals surface area contributed by atoms with Gasteiger partial charge in [0, 0.05) is 16.7 Å². The largest absolute Gasteiger partial charge is 0.492 e. The highest BCUT2D eigenvalue weighted by Gasteiger charge is 2.15. The van der Waals surface area contributed by atoms with E-state index in [-0.39, 0.29) is 5.41 Å². The Morgan fingerprint density at radius 2 is 1.79 bits per heavy atom. The van der Waals surface area contributed by atoms with Gasteiger partial charge in [0.2, 0.25) is 0 Å². The summed E-state index contributed by atoms with van der Waals surface area (Å²) >= 11 is 0. The molecule has 19 heavy (non-hydrogen) atoms. The molecular weight excluding hydrogens is 234 g/mol. The molecule has 0 atom stereocenters. The van der Waals surface area contributed by atoms with Crippen molar-refractivity contribution < 1.29 is 4.74 Å². The van der Waals surface area contributed by atoms with Crippen LogP contribution in [0.25, 0.3) is 10.8 Å². The summed E-state index contributed by atoms with van der Waals surface area (Å²) in [7, 11) is 0. The van der Waals surface area contributed by atoms with Gasteiger partial charge in [0.15, 0.2) is 0 Å². The molecule has 0 saturated carbocycles. The molecule has 0 amide bonds. The van der Waals surface area contributed by atoms with Crippen molar-refractivity contribution >= 4 is 16.5 Å². The summed E-state index contributed by atoms with van der Waals surface area (Å²) in [5, 5.41) is 10.1. The van der Waals surface area contributed by atoms with Gasteiger partial charge in [-0.1, -0.05) is 51.1 Å². The van der Waals surface area contributed by atoms with E-state index in [1.54, 1.807) is 6.92 Å². The topological polar surface area (TPSA) is 33.1 Å². The van der Waals surface area contributed by atoms with E-state index >= 15 is 0 Å². The molecule has 0 bridgehead atoms. The summed E-state index contributed by atoms with van der Waals surface area (Å²) in [6.45, 7) is 8.88. The predicted molar refractivity (Wildman–Crippen MR) is 81.4 cm³/mol. The van der Waals surface area contributed by atoms with E-state index in [1.807, 2.05) is 24.3 Å². The van der Waals surface area contributed by atoms with Crippen LogP contribution in [0.5, 0.6) is 5.75 Å². The number of benzene rings is 2. The fourth-order valence-electron chi connectivity index (χ4n) is 1.98. The predicted octanol–water partition coefficient (Wildman–Crippen LogP) is 4.65. The highest BCUT2D eigenvalue weighted by atomic mass is 16.5. The third-order valence-corrected chi connectivity index (χ3v) is 2.93. The van der Waals surface area contributed by atoms with E-state index in [0.29, 0.717) is 12.3 Å². The Bertz CT molecular complexity index is 608. The average Bonchev–Trinajstić information content (AvgIpc) is 2.34. The quantitative estimate of drug-likeness (QED) is 0.795. The average molecular weight is 255 g/mol. The molecule has 2 nitrogen and oxygen atoms in total. The van der Waals surface area contributed by atoms with Crippen LogP contribution in [0.2, 0.25) is 0 Å². The van der Waals surface area contributed by atoms with Crippen LogP contribution in [0, 0.1) is 10.8 Å². The van der Waals surface area contributed by atoms with Crippen LogP contribution < -0.4 is 4.74 Å². The van der Waals surface area contributed by atoms with Crippen molar-refractivity contribution in [1.82, 2.24) is 0 Å². The molecule has 2 rings (SSSR count). The van der Waals surface area contributed by atoms with E-state index in [4.69, 9.17) is 10.1 Å². The van der Waals surface area contributed by atoms with Gasteiger partial charge in [0.05, 0.1) is 6.61 Å². The first-order valence-corrected chi connectivity index (χ1v) is 6.58. The van der Waals surface area contributed by atoms with Gasteiger partial charge in [0.1, 0.15) is 5.75 Å². The lowest BCUT2D eigenvalue weighted by atomic mass is 9.98. The Kier molecular flexibility index (Phi) is 3.61. The highest BCUT2D eigenvalue weighted by molar-refractivity contribution is 6.05. The molecule has 0 spiro atoms. The zero-order valence-corrected chi connectivity index (χ0v) is 12.1. The summed E-state index contributed by atoms with van der Waals surface area (Å²) in [6.07, 6.45) is 0. The molecule has 0 aliphatic heterocycles. The van der Waals surface area contributed by atoms with E-state index in [1.165, 1.54) is 0 Å². The Morgan fingerprint density at radius 3 is 2.42 bits per heavy atom. The number of ether oxygens (including phenoxy) is 1. The van der Waals surface area contributed by atoms with Crippen molar-refractivity contribution in [3.05, 3.63) is 42.0 Å². The van der Waals surface area contributed by atoms with Crippen LogP contribution in [-0.4, -0.2) is 12.3 Å². The maximum absolute atomic E-state index is 7.91. The molecule has 0 saturated heterocycles. The van der Waals surface area contributed by atoms with Gasteiger partial charge >= 0.3 is 0 Å². The van der Waals surface area contributed by atoms with Gasteiger partial charge in [0.25, 0.3) is 0 Å². The van der Waals surface area contributed by atoms with Crippen LogP contribution in [0.4, 0.5) is 0 Å². The maximum atomic E-state index is 7.91. The van der Waals surface area contributed by atoms with Gasteiger partial charge < -0.3 is 10.1 Å². The molecule has 1 N–H and O–H groups in total. The Labute approximate surface area is 114 Å². The molecule has 2 aromatic carbocycles. The van der Waals surface area contributed by atoms with Crippen LogP contribution in [-0.2, 0) is 0 Å². The minimum absolute atomic E-state index is 0.101. The van der Waals surface area contributed by atoms with Crippen molar-refractivity contribution in [2.24, 2.45) is 5.41 Å². The first-order chi connectivity index (χ1) is 8.88. The van der Waals surface area contributed by atoms with Crippen LogP contribution in [0.1, 0.15) is 33.3 Å². The standard InChI is InChI=1S/C17H21NO/c1-12(18)14-10-9-13-7-5-6-8-15(13)16(14)19-11-17(2,3)4/h5-10,18H,11H2,1-4H3. The molecule has 0 unspecified atom stereocenters. The zero-order chi connectivity index (χ0) is 14.0. The van der Waals surface area contributed by atoms with Crippen molar-refractivity contribution in [3.8, 4) is 5.75 Å². The first-order valence-electron chi connectivity index (χ1n) is 6.58. The first kappa shape index (κ1) is 13.6. The van der Waals surface area contributed by atoms with E-state index < -0.39 is 0 Å². The highest BCUT2D eigenvalue weighted by Crippen LogP contribution is 2.31. The molecule has 0 fully saturated rings. The Morgan fingerprint density at radius 1 is 1.11 bits per heavy atom. The second-order valence-corrected chi connectivity index (χ2v) is 6.14. The molecule has 0 heterocycles. The monoisotopic (exact) mass is 255 g/mol. The second-order valence-electron chi connectivity index (χ2n) is 6.14. The van der Waals surface area contributed by atoms with Crippen molar-refractivity contribution in [3.63, 3.8) is 0 Å². The van der Waals surface area contributed by atoms with E-state index in [9.17, 15) is 0 Å². The summed E-state index contributed by atoms with van der Waals surface area (Å²) in [5.74, 6) is 0.834. The van der Waals surface area contributed by atoms with Gasteiger partial charge in [-0.2, -0.15) is 0 Å². The third-order valence-electron chi connectivity index (χ3n) is 2.93. The molecule has 2 aromatic rings. The molecule has 0 radical (unpaired) electrons. The third kappa shape index (κ3) is 3.14. The van der Waals surface area contributed by atoms with Crippen molar-refractivity contribution in [2.45, 2.75) is 27.7 Å². The van der Waals surface area contributed by atoms with Gasteiger partial charge in [-0.15, -0.1) is 0 Å². The van der Waals surface area contributed by atoms with Crippen molar-refractivity contribution in [1.29, 1.82) is 5.41 Å². The summed E-state index contributed by atoms with van der Waals surface area (Å²) < 4.78 is 6.04. The zero-order valence-electron chi connectivity index (χ0n) is 12.1. The van der Waals surface area contributed by atoms with E-state index in [2.05, 4.69) is 32.9 Å². The van der Waals surface area contributed by atoms with Crippen LogP contribution >= 0.6 is 0 Å². The summed E-state index contributed by atoms with van der Waals surface area (Å²) in [4.78, 5) is 0. The number of nitrogens with one attached hydrogen (secondary N) is 1. The lowest BCUT2D eigenvalue weighted by molar-refractivity contribution is 0.199. The number of fused-ring (bicyclic) bond motifs is 1. The smallest absolute Gasteiger partial charge is 0.136 e. The minimum Gasteiger partial charge on any atom is -0.492 e. The van der Waals surface area contributed by atoms with Gasteiger partial charge in [-0.05, 0) is 23.8 Å². The van der Waals surface area contributed by atoms with E-state index in [0.717, 1.165) is 22.1 Å². The fourth-order valence-corrected chi connectivity index (χ4v) is 1.98. The lowest BCUT2D eigenvalue weighted by Crippen LogP contribution is -2.18. The lowest BCUT2D eigenvalue weighted by Gasteiger charge is -2.21. The number of hydrogen-bond acceptors (Lipinski definition) is 2. The van der Waals surface area contributed by atoms with Crippen LogP contribution in [0.3, 0.4) is 0 Å². The molecule has 0 aromatic heterocycles. The maximum Gasteiger partial charge on any atom is 0.136 e. The van der Waals surface area contributed by atoms with Gasteiger partial charge in [-0.25, -0.2) is 0 Å². The Balaban J connectivity index is 2.53. The molecule has 100 valence electrons. The SMILES string of the molecule is CC(=N)c1ccc2ccccc2c1OCC(C)(C)C. The molecule has 2 heteroatoms. The molecular formula is C17H21NO. The van der Waals surface area contributed by atoms with Crippen molar-refractivity contribution in [2.75, 3.05) is 6.61 Å². The molecule has 0 aliphatic rings. The summed E-state index contributed by atoms with van der Waals surface area (Å²) in [6, 6.07) is 12.2. The minimum atomic E-state index is 0.101.